The smallest absolute Gasteiger partial charge is 0.254 e. The minimum Gasteiger partial charge on any atom is -0.380 e. The van der Waals surface area contributed by atoms with Gasteiger partial charge >= 0.3 is 0 Å². The highest BCUT2D eigenvalue weighted by molar-refractivity contribution is 5.90. The average molecular weight is 420 g/mol. The molecule has 1 heterocycles. The van der Waals surface area contributed by atoms with E-state index >= 15 is 0 Å². The number of nitrogens with zero attached hydrogens (tertiary/aromatic N) is 3. The molecule has 0 spiro atoms. The molecule has 0 unspecified atom stereocenters. The van der Waals surface area contributed by atoms with Gasteiger partial charge in [0.05, 0.1) is 11.3 Å². The van der Waals surface area contributed by atoms with Crippen LogP contribution in [0.25, 0.3) is 0 Å². The van der Waals surface area contributed by atoms with Crippen LogP contribution >= 0.6 is 0 Å². The molecule has 0 radical (unpaired) electrons. The Morgan fingerprint density at radius 1 is 1.33 bits per heavy atom. The maximum absolute atomic E-state index is 13.3. The van der Waals surface area contributed by atoms with Crippen molar-refractivity contribution in [1.29, 1.82) is 5.26 Å². The average Bonchev–Trinajstić information content (AvgIpc) is 2.76. The third-order valence-corrected chi connectivity index (χ3v) is 5.36. The number of anilines is 1. The van der Waals surface area contributed by atoms with Crippen LogP contribution in [0.4, 0.5) is 10.1 Å². The van der Waals surface area contributed by atoms with Crippen molar-refractivity contribution in [3.05, 3.63) is 29.6 Å². The number of carbonyl (C=O) groups is 2. The van der Waals surface area contributed by atoms with Gasteiger partial charge in [-0.2, -0.15) is 5.26 Å². The molecule has 1 aliphatic heterocycles. The summed E-state index contributed by atoms with van der Waals surface area (Å²) in [6.45, 7) is 3.90. The largest absolute Gasteiger partial charge is 0.380 e. The van der Waals surface area contributed by atoms with Crippen molar-refractivity contribution in [3.63, 3.8) is 0 Å². The molecule has 1 fully saturated rings. The van der Waals surface area contributed by atoms with Gasteiger partial charge in [-0.05, 0) is 43.4 Å². The fourth-order valence-corrected chi connectivity index (χ4v) is 3.55. The molecule has 2 rings (SSSR count). The highest BCUT2D eigenvalue weighted by atomic mass is 19.1. The van der Waals surface area contributed by atoms with E-state index in [9.17, 15) is 29.5 Å². The summed E-state index contributed by atoms with van der Waals surface area (Å²) in [5, 5.41) is 31.8. The Kier molecular flexibility index (Phi) is 8.57. The van der Waals surface area contributed by atoms with E-state index in [0.29, 0.717) is 38.3 Å². The van der Waals surface area contributed by atoms with Crippen molar-refractivity contribution in [1.82, 2.24) is 10.2 Å². The molecule has 1 aromatic rings. The number of piperidine rings is 1. The highest BCUT2D eigenvalue weighted by Gasteiger charge is 2.32. The minimum absolute atomic E-state index is 0.152. The number of nitriles is 1. The van der Waals surface area contributed by atoms with Gasteiger partial charge in [-0.15, -0.1) is 0 Å². The molecule has 164 valence electrons. The van der Waals surface area contributed by atoms with Crippen molar-refractivity contribution < 1.29 is 24.2 Å². The molecular weight excluding hydrogens is 391 g/mol. The standard InChI is InChI=1S/C21H29FN4O4/c1-3-8-25(2)21(30)19(28)18(27)20(29)24-13-14-6-9-26(10-7-14)17-5-4-16(22)11-15(17)12-23/h4-5,11,14,18-19,27-28H,3,6-10,13H2,1-2H3,(H,24,29)/t18-,19-/m1/s1. The minimum atomic E-state index is -1.82. The molecule has 3 N–H and O–H groups in total. The van der Waals surface area contributed by atoms with Crippen LogP contribution in [0.5, 0.6) is 0 Å². The molecule has 8 nitrogen and oxygen atoms in total. The van der Waals surface area contributed by atoms with Crippen molar-refractivity contribution in [2.24, 2.45) is 5.92 Å². The van der Waals surface area contributed by atoms with Gasteiger partial charge < -0.3 is 25.3 Å². The third kappa shape index (κ3) is 5.90. The van der Waals surface area contributed by atoms with Gasteiger partial charge in [-0.25, -0.2) is 4.39 Å². The third-order valence-electron chi connectivity index (χ3n) is 5.36. The number of rotatable bonds is 8. The summed E-state index contributed by atoms with van der Waals surface area (Å²) in [4.78, 5) is 27.4. The van der Waals surface area contributed by atoms with Crippen molar-refractivity contribution >= 4 is 17.5 Å². The zero-order chi connectivity index (χ0) is 22.3. The summed E-state index contributed by atoms with van der Waals surface area (Å²) in [7, 11) is 1.51. The van der Waals surface area contributed by atoms with E-state index in [1.807, 2.05) is 17.9 Å². The maximum atomic E-state index is 13.3. The van der Waals surface area contributed by atoms with Gasteiger partial charge in [-0.3, -0.25) is 9.59 Å². The van der Waals surface area contributed by atoms with Crippen molar-refractivity contribution in [3.8, 4) is 6.07 Å². The number of aliphatic hydroxyl groups is 2. The van der Waals surface area contributed by atoms with Crippen LogP contribution in [0, 0.1) is 23.1 Å². The van der Waals surface area contributed by atoms with Gasteiger partial charge in [0.15, 0.2) is 12.2 Å². The van der Waals surface area contributed by atoms with Crippen LogP contribution in [-0.2, 0) is 9.59 Å². The number of likely N-dealkylation sites (N-methyl/N-ethyl adjacent to an activating group) is 1. The van der Waals surface area contributed by atoms with Gasteiger partial charge in [0, 0.05) is 33.2 Å². The summed E-state index contributed by atoms with van der Waals surface area (Å²) >= 11 is 0. The van der Waals surface area contributed by atoms with Crippen molar-refractivity contribution in [2.45, 2.75) is 38.4 Å². The SMILES string of the molecule is CCCN(C)C(=O)[C@H](O)[C@@H](O)C(=O)NCC1CCN(c2ccc(F)cc2C#N)CC1. The first-order valence-electron chi connectivity index (χ1n) is 10.1. The van der Waals surface area contributed by atoms with E-state index < -0.39 is 29.8 Å². The first-order chi connectivity index (χ1) is 14.3. The van der Waals surface area contributed by atoms with Crippen LogP contribution in [0.2, 0.25) is 0 Å². The van der Waals surface area contributed by atoms with E-state index in [0.717, 1.165) is 12.8 Å². The van der Waals surface area contributed by atoms with Gasteiger partial charge in [0.2, 0.25) is 0 Å². The van der Waals surface area contributed by atoms with Crippen LogP contribution < -0.4 is 10.2 Å². The zero-order valence-electron chi connectivity index (χ0n) is 17.3. The first-order valence-corrected chi connectivity index (χ1v) is 10.1. The Morgan fingerprint density at radius 3 is 2.60 bits per heavy atom. The monoisotopic (exact) mass is 420 g/mol. The number of hydrogen-bond acceptors (Lipinski definition) is 6. The van der Waals surface area contributed by atoms with Crippen LogP contribution in [-0.4, -0.2) is 72.4 Å². The lowest BCUT2D eigenvalue weighted by molar-refractivity contribution is -0.152. The molecule has 0 aromatic heterocycles. The second-order valence-corrected chi connectivity index (χ2v) is 7.60. The Hall–Kier alpha value is -2.70. The highest BCUT2D eigenvalue weighted by Crippen LogP contribution is 2.26. The lowest BCUT2D eigenvalue weighted by Crippen LogP contribution is -2.51. The molecule has 9 heteroatoms. The Balaban J connectivity index is 1.82. The Labute approximate surface area is 175 Å². The number of nitrogens with one attached hydrogen (secondary N) is 1. The summed E-state index contributed by atoms with van der Waals surface area (Å²) in [6.07, 6.45) is -1.46. The molecule has 2 atom stereocenters. The summed E-state index contributed by atoms with van der Waals surface area (Å²) in [6, 6.07) is 6.15. The lowest BCUT2D eigenvalue weighted by atomic mass is 9.95. The summed E-state index contributed by atoms with van der Waals surface area (Å²) in [5.74, 6) is -1.78. The fraction of sp³-hybridized carbons (Fsp3) is 0.571. The zero-order valence-corrected chi connectivity index (χ0v) is 17.3. The fourth-order valence-electron chi connectivity index (χ4n) is 3.55. The second-order valence-electron chi connectivity index (χ2n) is 7.60. The van der Waals surface area contributed by atoms with E-state index in [2.05, 4.69) is 5.32 Å². The first kappa shape index (κ1) is 23.6. The summed E-state index contributed by atoms with van der Waals surface area (Å²) < 4.78 is 13.3. The lowest BCUT2D eigenvalue weighted by Gasteiger charge is -2.34. The van der Waals surface area contributed by atoms with Crippen LogP contribution in [0.15, 0.2) is 18.2 Å². The number of aliphatic hydroxyl groups excluding tert-OH is 2. The second kappa shape index (κ2) is 10.9. The predicted octanol–water partition coefficient (Wildman–Crippen LogP) is 0.620. The molecule has 0 bridgehead atoms. The van der Waals surface area contributed by atoms with E-state index in [1.54, 1.807) is 6.07 Å². The quantitative estimate of drug-likeness (QED) is 0.568. The van der Waals surface area contributed by atoms with E-state index in [4.69, 9.17) is 0 Å². The molecule has 0 aliphatic carbocycles. The molecular formula is C21H29FN4O4. The Morgan fingerprint density at radius 2 is 2.00 bits per heavy atom. The summed E-state index contributed by atoms with van der Waals surface area (Å²) in [5.41, 5.74) is 0.978. The maximum Gasteiger partial charge on any atom is 0.254 e. The number of carbonyl (C=O) groups excluding carboxylic acids is 2. The number of benzene rings is 1. The number of amides is 2. The van der Waals surface area contributed by atoms with Gasteiger partial charge in [0.25, 0.3) is 11.8 Å². The van der Waals surface area contributed by atoms with Crippen LogP contribution in [0.3, 0.4) is 0 Å². The molecule has 1 aromatic carbocycles. The molecule has 1 aliphatic rings. The normalized spacial score (nSPS) is 16.5. The number of halogens is 1. The molecule has 30 heavy (non-hydrogen) atoms. The topological polar surface area (TPSA) is 117 Å². The van der Waals surface area contributed by atoms with E-state index in [1.165, 1.54) is 24.1 Å². The number of hydrogen-bond donors (Lipinski definition) is 3. The predicted molar refractivity (Wildman–Crippen MR) is 109 cm³/mol. The Bertz CT molecular complexity index is 790. The van der Waals surface area contributed by atoms with Crippen molar-refractivity contribution in [2.75, 3.05) is 38.1 Å². The van der Waals surface area contributed by atoms with Gasteiger partial charge in [0.1, 0.15) is 11.9 Å². The van der Waals surface area contributed by atoms with E-state index in [-0.39, 0.29) is 11.5 Å². The molecule has 0 saturated carbocycles. The molecule has 1 saturated heterocycles. The molecule has 2 amide bonds. The van der Waals surface area contributed by atoms with Crippen LogP contribution in [0.1, 0.15) is 31.7 Å². The van der Waals surface area contributed by atoms with Gasteiger partial charge in [-0.1, -0.05) is 6.92 Å².